The summed E-state index contributed by atoms with van der Waals surface area (Å²) in [5, 5.41) is 11.4. The molecule has 0 unspecified atom stereocenters. The number of para-hydroxylation sites is 1. The van der Waals surface area contributed by atoms with Crippen LogP contribution in [-0.4, -0.2) is 31.0 Å². The van der Waals surface area contributed by atoms with Crippen LogP contribution in [0.3, 0.4) is 0 Å². The summed E-state index contributed by atoms with van der Waals surface area (Å²) in [6.45, 7) is 11.9. The maximum atomic E-state index is 11.1. The molecule has 2 N–H and O–H groups in total. The van der Waals surface area contributed by atoms with Crippen LogP contribution >= 0.6 is 7.92 Å². The first-order valence-electron chi connectivity index (χ1n) is 7.52. The Kier molecular flexibility index (Phi) is 16.1. The van der Waals surface area contributed by atoms with Crippen LogP contribution in [0.15, 0.2) is 72.5 Å². The molecule has 0 aromatic heterocycles. The number of carbonyl (C=O) groups is 1. The summed E-state index contributed by atoms with van der Waals surface area (Å²) >= 11 is 0. The predicted octanol–water partition coefficient (Wildman–Crippen LogP) is 5.31. The molecule has 3 nitrogen and oxygen atoms in total. The summed E-state index contributed by atoms with van der Waals surface area (Å²) in [6.07, 6.45) is 1.13. The van der Waals surface area contributed by atoms with Gasteiger partial charge in [0.1, 0.15) is 0 Å². The number of aliphatic hydroxyl groups is 1. The quantitative estimate of drug-likeness (QED) is 0.235. The van der Waals surface area contributed by atoms with E-state index in [9.17, 15) is 4.79 Å². The molecule has 0 saturated carbocycles. The van der Waals surface area contributed by atoms with Crippen LogP contribution < -0.4 is 5.32 Å². The first-order chi connectivity index (χ1) is 11.3. The number of nitrogens with one attached hydrogen (secondary N) is 1. The summed E-state index contributed by atoms with van der Waals surface area (Å²) in [7, 11) is 0.380. The molecule has 0 aliphatic carbocycles. The van der Waals surface area contributed by atoms with Gasteiger partial charge in [0.05, 0.1) is 5.76 Å². The van der Waals surface area contributed by atoms with Crippen molar-refractivity contribution >= 4 is 19.5 Å². The zero-order valence-corrected chi connectivity index (χ0v) is 17.1. The van der Waals surface area contributed by atoms with E-state index in [0.717, 1.165) is 11.6 Å². The van der Waals surface area contributed by atoms with Crippen molar-refractivity contribution in [3.8, 4) is 0 Å². The molecule has 1 amide bonds. The van der Waals surface area contributed by atoms with Crippen LogP contribution in [-0.2, 0) is 21.3 Å². The molecule has 0 heterocycles. The van der Waals surface area contributed by atoms with E-state index in [2.05, 4.69) is 32.2 Å². The van der Waals surface area contributed by atoms with E-state index in [0.29, 0.717) is 13.6 Å². The Morgan fingerprint density at radius 2 is 1.40 bits per heavy atom. The number of aliphatic hydroxyl groups excluding tert-OH is 1. The molecule has 0 fully saturated rings. The first kappa shape index (κ1) is 25.5. The van der Waals surface area contributed by atoms with Crippen molar-refractivity contribution in [3.63, 3.8) is 0 Å². The monoisotopic (exact) mass is 402 g/mol. The zero-order valence-electron chi connectivity index (χ0n) is 15.2. The Morgan fingerprint density at radius 1 is 1.00 bits per heavy atom. The Morgan fingerprint density at radius 3 is 1.72 bits per heavy atom. The van der Waals surface area contributed by atoms with E-state index in [1.165, 1.54) is 6.92 Å². The van der Waals surface area contributed by atoms with Crippen LogP contribution in [0.4, 0.5) is 5.69 Å². The van der Waals surface area contributed by atoms with Gasteiger partial charge in [-0.25, -0.2) is 0 Å². The largest absolute Gasteiger partial charge is 0.512 e. The summed E-state index contributed by atoms with van der Waals surface area (Å²) in [4.78, 5) is 11.1. The number of benzene rings is 2. The van der Waals surface area contributed by atoms with Gasteiger partial charge in [0.25, 0.3) is 5.91 Å². The summed E-state index contributed by atoms with van der Waals surface area (Å²) < 4.78 is 0. The molecular formula is C20H27NNiO2P-. The third-order valence-corrected chi connectivity index (χ3v) is 2.22. The topological polar surface area (TPSA) is 49.3 Å². The van der Waals surface area contributed by atoms with Crippen LogP contribution in [0, 0.1) is 6.92 Å². The van der Waals surface area contributed by atoms with Gasteiger partial charge < -0.3 is 10.4 Å². The molecular weight excluding hydrogens is 376 g/mol. The van der Waals surface area contributed by atoms with Gasteiger partial charge in [0.2, 0.25) is 0 Å². The second-order valence-corrected chi connectivity index (χ2v) is 8.15. The predicted molar refractivity (Wildman–Crippen MR) is 107 cm³/mol. The van der Waals surface area contributed by atoms with Gasteiger partial charge in [-0.2, -0.15) is 24.6 Å². The fraction of sp³-hybridized carbons (Fsp3) is 0.200. The molecule has 140 valence electrons. The third kappa shape index (κ3) is 18.4. The molecule has 0 aliphatic rings. The molecule has 0 saturated heterocycles. The number of rotatable bonds is 2. The second kappa shape index (κ2) is 15.8. The van der Waals surface area contributed by atoms with Gasteiger partial charge >= 0.3 is 0 Å². The second-order valence-electron chi connectivity index (χ2n) is 5.47. The van der Waals surface area contributed by atoms with Crippen LogP contribution in [0.25, 0.3) is 0 Å². The van der Waals surface area contributed by atoms with Gasteiger partial charge in [-0.1, -0.05) is 24.3 Å². The standard InChI is InChI=1S/C10H11NO2.C7H7.C3H9P.Ni/c1-8(12)7-10(13)11-9-5-3-2-4-6-9;1-7-5-3-2-4-6-7;1-4(2)3;/h2-7,12H,1H3,(H,11,13);2-6H,1H2;1-3H3;/q;-1;;/b8-7-;;;. The number of hydrogen-bond donors (Lipinski definition) is 2. The van der Waals surface area contributed by atoms with Crippen LogP contribution in [0.5, 0.6) is 0 Å². The average molecular weight is 403 g/mol. The van der Waals surface area contributed by atoms with Gasteiger partial charge in [-0.3, -0.25) is 4.79 Å². The Hall–Kier alpha value is -1.76. The maximum absolute atomic E-state index is 11.1. The zero-order chi connectivity index (χ0) is 18.4. The number of allylic oxidation sites excluding steroid dienone is 1. The van der Waals surface area contributed by atoms with E-state index in [1.54, 1.807) is 12.1 Å². The number of hydrogen-bond acceptors (Lipinski definition) is 2. The fourth-order valence-corrected chi connectivity index (χ4v) is 1.37. The molecule has 0 radical (unpaired) electrons. The van der Waals surface area contributed by atoms with Crippen molar-refractivity contribution in [3.05, 3.63) is 85.0 Å². The van der Waals surface area contributed by atoms with E-state index in [4.69, 9.17) is 5.11 Å². The number of amides is 1. The normalized spacial score (nSPS) is 9.56. The third-order valence-electron chi connectivity index (χ3n) is 2.22. The van der Waals surface area contributed by atoms with Crippen molar-refractivity contribution in [2.75, 3.05) is 25.3 Å². The van der Waals surface area contributed by atoms with E-state index in [-0.39, 0.29) is 28.2 Å². The molecule has 0 aliphatic heterocycles. The Bertz CT molecular complexity index is 595. The van der Waals surface area contributed by atoms with E-state index < -0.39 is 0 Å². The minimum absolute atomic E-state index is 0. The molecule has 5 heteroatoms. The van der Waals surface area contributed by atoms with Crippen molar-refractivity contribution in [2.24, 2.45) is 0 Å². The molecule has 2 aromatic rings. The SMILES string of the molecule is C/C(O)=C/C(=O)Nc1ccccc1.CP(C)C.[CH2-]c1ccccc1.[Ni]. The molecule has 2 rings (SSSR count). The van der Waals surface area contributed by atoms with Gasteiger partial charge in [-0.05, 0) is 39.1 Å². The van der Waals surface area contributed by atoms with Gasteiger partial charge in [0, 0.05) is 28.3 Å². The van der Waals surface area contributed by atoms with Gasteiger partial charge in [-0.15, -0.1) is 20.1 Å². The summed E-state index contributed by atoms with van der Waals surface area (Å²) in [6, 6.07) is 18.9. The molecule has 0 bridgehead atoms. The van der Waals surface area contributed by atoms with Crippen molar-refractivity contribution in [1.82, 2.24) is 0 Å². The van der Waals surface area contributed by atoms with Gasteiger partial charge in [0.15, 0.2) is 0 Å². The number of carbonyl (C=O) groups excluding carboxylic acids is 1. The summed E-state index contributed by atoms with van der Waals surface area (Å²) in [5.41, 5.74) is 1.78. The maximum Gasteiger partial charge on any atom is 0.251 e. The van der Waals surface area contributed by atoms with E-state index >= 15 is 0 Å². The molecule has 2 aromatic carbocycles. The van der Waals surface area contributed by atoms with Crippen LogP contribution in [0.2, 0.25) is 0 Å². The van der Waals surface area contributed by atoms with Crippen molar-refractivity contribution in [1.29, 1.82) is 0 Å². The smallest absolute Gasteiger partial charge is 0.251 e. The molecule has 0 atom stereocenters. The Labute approximate surface area is 163 Å². The molecule has 0 spiro atoms. The Balaban J connectivity index is 0. The minimum Gasteiger partial charge on any atom is -0.512 e. The van der Waals surface area contributed by atoms with Crippen LogP contribution in [0.1, 0.15) is 12.5 Å². The minimum atomic E-state index is -0.328. The number of anilines is 1. The molecule has 25 heavy (non-hydrogen) atoms. The fourth-order valence-electron chi connectivity index (χ4n) is 1.37. The first-order valence-corrected chi connectivity index (χ1v) is 10.2. The average Bonchev–Trinajstić information content (AvgIpc) is 2.48. The van der Waals surface area contributed by atoms with Crippen molar-refractivity contribution < 1.29 is 26.4 Å². The van der Waals surface area contributed by atoms with Crippen molar-refractivity contribution in [2.45, 2.75) is 6.92 Å². The van der Waals surface area contributed by atoms with E-state index in [1.807, 2.05) is 48.5 Å². The summed E-state index contributed by atoms with van der Waals surface area (Å²) in [5.74, 6) is -0.334.